The molecule has 8 heteroatoms. The van der Waals surface area contributed by atoms with Gasteiger partial charge >= 0.3 is 6.18 Å². The Morgan fingerprint density at radius 1 is 1.09 bits per heavy atom. The Balaban J connectivity index is 1.98. The summed E-state index contributed by atoms with van der Waals surface area (Å²) in [5.41, 5.74) is 0.368. The summed E-state index contributed by atoms with van der Waals surface area (Å²) in [5, 5.41) is 13.6. The zero-order valence-electron chi connectivity index (χ0n) is 12.9. The Bertz CT molecular complexity index is 627. The molecule has 0 saturated carbocycles. The summed E-state index contributed by atoms with van der Waals surface area (Å²) in [6, 6.07) is 3.07. The molecule has 122 valence electrons. The lowest BCUT2D eigenvalue weighted by atomic mass is 9.90. The van der Waals surface area contributed by atoms with E-state index in [0.717, 1.165) is 23.8 Å². The van der Waals surface area contributed by atoms with E-state index in [-0.39, 0.29) is 5.65 Å². The fraction of sp³-hybridized carbons (Fsp3) is 0.643. The van der Waals surface area contributed by atoms with E-state index >= 15 is 0 Å². The van der Waals surface area contributed by atoms with Crippen molar-refractivity contribution in [2.45, 2.75) is 46.2 Å². The summed E-state index contributed by atoms with van der Waals surface area (Å²) < 4.78 is 39.0. The lowest BCUT2D eigenvalue weighted by Gasteiger charge is -2.17. The van der Waals surface area contributed by atoms with Gasteiger partial charge in [0.1, 0.15) is 5.82 Å². The lowest BCUT2D eigenvalue weighted by molar-refractivity contribution is -0.146. The third kappa shape index (κ3) is 4.32. The highest BCUT2D eigenvalue weighted by atomic mass is 19.4. The standard InChI is InChI=1S/C14H20F3N5/c1-13(2,3)8-4-5-9-18-10-6-7-11-19-20-12(14(15,16)17)22(11)21-10/h6-7H,4-5,8-9H2,1-3H3,(H,18,21). The zero-order valence-corrected chi connectivity index (χ0v) is 12.9. The van der Waals surface area contributed by atoms with E-state index < -0.39 is 12.0 Å². The Kier molecular flexibility index (Phi) is 4.58. The van der Waals surface area contributed by atoms with E-state index in [1.54, 1.807) is 6.07 Å². The van der Waals surface area contributed by atoms with Crippen LogP contribution in [0.5, 0.6) is 0 Å². The Morgan fingerprint density at radius 2 is 1.82 bits per heavy atom. The van der Waals surface area contributed by atoms with Crippen LogP contribution in [0.3, 0.4) is 0 Å². The molecule has 1 N–H and O–H groups in total. The molecule has 0 radical (unpaired) electrons. The maximum absolute atomic E-state index is 12.8. The van der Waals surface area contributed by atoms with Crippen molar-refractivity contribution < 1.29 is 13.2 Å². The number of unbranched alkanes of at least 4 members (excludes halogenated alkanes) is 1. The molecule has 5 nitrogen and oxygen atoms in total. The van der Waals surface area contributed by atoms with Crippen LogP contribution in [0.25, 0.3) is 5.65 Å². The predicted octanol–water partition coefficient (Wildman–Crippen LogP) is 3.77. The molecule has 0 saturated heterocycles. The molecule has 2 rings (SSSR count). The third-order valence-electron chi connectivity index (χ3n) is 3.18. The van der Waals surface area contributed by atoms with Crippen molar-refractivity contribution in [1.82, 2.24) is 19.8 Å². The summed E-state index contributed by atoms with van der Waals surface area (Å²) in [5.74, 6) is -0.729. The van der Waals surface area contributed by atoms with E-state index in [4.69, 9.17) is 0 Å². The van der Waals surface area contributed by atoms with Crippen LogP contribution >= 0.6 is 0 Å². The first-order chi connectivity index (χ1) is 10.2. The van der Waals surface area contributed by atoms with Crippen LogP contribution in [-0.4, -0.2) is 26.4 Å². The van der Waals surface area contributed by atoms with Gasteiger partial charge in [0.2, 0.25) is 0 Å². The average Bonchev–Trinajstić information content (AvgIpc) is 2.79. The van der Waals surface area contributed by atoms with Crippen LogP contribution in [-0.2, 0) is 6.18 Å². The highest BCUT2D eigenvalue weighted by molar-refractivity contribution is 5.44. The molecule has 22 heavy (non-hydrogen) atoms. The number of aromatic nitrogens is 4. The highest BCUT2D eigenvalue weighted by Gasteiger charge is 2.37. The number of alkyl halides is 3. The van der Waals surface area contributed by atoms with Crippen molar-refractivity contribution in [3.05, 3.63) is 18.0 Å². The molecule has 0 aromatic carbocycles. The number of nitrogens with zero attached hydrogens (tertiary/aromatic N) is 4. The predicted molar refractivity (Wildman–Crippen MR) is 77.6 cm³/mol. The van der Waals surface area contributed by atoms with E-state index in [0.29, 0.717) is 17.8 Å². The first-order valence-electron chi connectivity index (χ1n) is 7.20. The molecule has 0 bridgehead atoms. The maximum atomic E-state index is 12.8. The smallest absolute Gasteiger partial charge is 0.369 e. The van der Waals surface area contributed by atoms with Crippen LogP contribution in [0.4, 0.5) is 19.0 Å². The normalized spacial score (nSPS) is 12.8. The number of fused-ring (bicyclic) bond motifs is 1. The molecule has 2 aromatic rings. The van der Waals surface area contributed by atoms with Crippen molar-refractivity contribution in [2.75, 3.05) is 11.9 Å². The van der Waals surface area contributed by atoms with Crippen molar-refractivity contribution in [1.29, 1.82) is 0 Å². The van der Waals surface area contributed by atoms with Gasteiger partial charge in [0, 0.05) is 6.54 Å². The molecule has 0 amide bonds. The molecule has 0 fully saturated rings. The van der Waals surface area contributed by atoms with Gasteiger partial charge in [-0.25, -0.2) is 0 Å². The number of anilines is 1. The fourth-order valence-corrected chi connectivity index (χ4v) is 2.06. The molecular weight excluding hydrogens is 295 g/mol. The van der Waals surface area contributed by atoms with Crippen LogP contribution in [0.1, 0.15) is 45.9 Å². The second-order valence-corrected chi connectivity index (χ2v) is 6.45. The number of nitrogens with one attached hydrogen (secondary N) is 1. The van der Waals surface area contributed by atoms with Gasteiger partial charge in [-0.3, -0.25) is 0 Å². The Labute approximate surface area is 126 Å². The van der Waals surface area contributed by atoms with Gasteiger partial charge in [0.15, 0.2) is 5.65 Å². The number of rotatable bonds is 5. The van der Waals surface area contributed by atoms with Gasteiger partial charge in [0.05, 0.1) is 0 Å². The highest BCUT2D eigenvalue weighted by Crippen LogP contribution is 2.27. The molecule has 0 atom stereocenters. The van der Waals surface area contributed by atoms with Gasteiger partial charge < -0.3 is 5.32 Å². The van der Waals surface area contributed by atoms with E-state index in [1.165, 1.54) is 6.07 Å². The number of hydrogen-bond acceptors (Lipinski definition) is 4. The minimum atomic E-state index is -4.57. The molecular formula is C14H20F3N5. The molecule has 0 unspecified atom stereocenters. The number of hydrogen-bond donors (Lipinski definition) is 1. The maximum Gasteiger partial charge on any atom is 0.453 e. The van der Waals surface area contributed by atoms with Gasteiger partial charge in [-0.1, -0.05) is 27.2 Å². The minimum absolute atomic E-state index is 0.0746. The Hall–Kier alpha value is -1.86. The summed E-state index contributed by atoms with van der Waals surface area (Å²) in [6.45, 7) is 7.21. The van der Waals surface area contributed by atoms with E-state index in [9.17, 15) is 13.2 Å². The second-order valence-electron chi connectivity index (χ2n) is 6.45. The molecule has 0 aliphatic carbocycles. The van der Waals surface area contributed by atoms with Crippen LogP contribution in [0.2, 0.25) is 0 Å². The zero-order chi connectivity index (χ0) is 16.4. The fourth-order valence-electron chi connectivity index (χ4n) is 2.06. The van der Waals surface area contributed by atoms with E-state index in [1.807, 2.05) is 0 Å². The first-order valence-corrected chi connectivity index (χ1v) is 7.20. The second kappa shape index (κ2) is 6.10. The minimum Gasteiger partial charge on any atom is -0.369 e. The van der Waals surface area contributed by atoms with Crippen molar-refractivity contribution in [3.63, 3.8) is 0 Å². The van der Waals surface area contributed by atoms with Gasteiger partial charge in [0.25, 0.3) is 5.82 Å². The van der Waals surface area contributed by atoms with Gasteiger partial charge in [-0.2, -0.15) is 17.7 Å². The largest absolute Gasteiger partial charge is 0.453 e. The summed E-state index contributed by atoms with van der Waals surface area (Å²) in [7, 11) is 0. The first kappa shape index (κ1) is 16.5. The van der Waals surface area contributed by atoms with E-state index in [2.05, 4.69) is 41.4 Å². The van der Waals surface area contributed by atoms with Crippen molar-refractivity contribution in [3.8, 4) is 0 Å². The lowest BCUT2D eigenvalue weighted by Crippen LogP contribution is -2.14. The van der Waals surface area contributed by atoms with Crippen LogP contribution in [0.15, 0.2) is 12.1 Å². The quantitative estimate of drug-likeness (QED) is 0.853. The monoisotopic (exact) mass is 315 g/mol. The summed E-state index contributed by atoms with van der Waals surface area (Å²) >= 11 is 0. The number of halogens is 3. The Morgan fingerprint density at radius 3 is 2.45 bits per heavy atom. The molecule has 2 heterocycles. The average molecular weight is 315 g/mol. The van der Waals surface area contributed by atoms with Crippen LogP contribution in [0, 0.1) is 5.41 Å². The van der Waals surface area contributed by atoms with Gasteiger partial charge in [-0.05, 0) is 30.4 Å². The molecule has 0 spiro atoms. The summed E-state index contributed by atoms with van der Waals surface area (Å²) in [4.78, 5) is 0. The summed E-state index contributed by atoms with van der Waals surface area (Å²) in [6.07, 6.45) is -1.48. The SMILES string of the molecule is CC(C)(C)CCCCNc1ccc2nnc(C(F)(F)F)n2n1. The molecule has 2 aromatic heterocycles. The van der Waals surface area contributed by atoms with Crippen molar-refractivity contribution >= 4 is 11.5 Å². The topological polar surface area (TPSA) is 55.1 Å². The van der Waals surface area contributed by atoms with Crippen LogP contribution < -0.4 is 5.32 Å². The van der Waals surface area contributed by atoms with Gasteiger partial charge in [-0.15, -0.1) is 15.3 Å². The molecule has 0 aliphatic rings. The third-order valence-corrected chi connectivity index (χ3v) is 3.18. The van der Waals surface area contributed by atoms with Crippen molar-refractivity contribution in [2.24, 2.45) is 5.41 Å². The molecule has 0 aliphatic heterocycles.